The Bertz CT molecular complexity index is 341. The van der Waals surface area contributed by atoms with Crippen LogP contribution in [-0.2, 0) is 23.7 Å². The van der Waals surface area contributed by atoms with Crippen LogP contribution in [0.4, 0.5) is 0 Å². The molecule has 3 fully saturated rings. The summed E-state index contributed by atoms with van der Waals surface area (Å²) in [5.41, 5.74) is 0. The standard InChI is InChI=1S/C12H20O6/c1-11(2)15-7-6(5-13)14-10-9(8(7)16-11)17-12(3,4)18-10/h6-10,13H,5H2,1-4H3/t6?,7-,8?,9?,10+/m1/s1. The van der Waals surface area contributed by atoms with Crippen LogP contribution in [0.1, 0.15) is 27.7 Å². The quantitative estimate of drug-likeness (QED) is 0.735. The van der Waals surface area contributed by atoms with Crippen LogP contribution in [0.5, 0.6) is 0 Å². The highest BCUT2D eigenvalue weighted by molar-refractivity contribution is 4.99. The second-order valence-electron chi connectivity index (χ2n) is 5.89. The van der Waals surface area contributed by atoms with E-state index in [9.17, 15) is 5.11 Å². The van der Waals surface area contributed by atoms with Crippen molar-refractivity contribution in [3.8, 4) is 0 Å². The molecule has 0 spiro atoms. The maximum atomic E-state index is 9.40. The first-order valence-electron chi connectivity index (χ1n) is 6.29. The molecule has 3 aliphatic heterocycles. The zero-order chi connectivity index (χ0) is 13.1. The van der Waals surface area contributed by atoms with Crippen molar-refractivity contribution in [1.29, 1.82) is 0 Å². The van der Waals surface area contributed by atoms with Gasteiger partial charge in [-0.15, -0.1) is 0 Å². The summed E-state index contributed by atoms with van der Waals surface area (Å²) in [5.74, 6) is -1.41. The van der Waals surface area contributed by atoms with Crippen LogP contribution in [-0.4, -0.2) is 54.0 Å². The zero-order valence-corrected chi connectivity index (χ0v) is 11.1. The van der Waals surface area contributed by atoms with E-state index in [-0.39, 0.29) is 24.9 Å². The van der Waals surface area contributed by atoms with Crippen molar-refractivity contribution in [3.63, 3.8) is 0 Å². The summed E-state index contributed by atoms with van der Waals surface area (Å²) in [6, 6.07) is 0. The van der Waals surface area contributed by atoms with E-state index < -0.39 is 24.0 Å². The molecule has 0 aromatic heterocycles. The van der Waals surface area contributed by atoms with E-state index >= 15 is 0 Å². The van der Waals surface area contributed by atoms with E-state index in [1.807, 2.05) is 27.7 Å². The van der Waals surface area contributed by atoms with Crippen molar-refractivity contribution in [3.05, 3.63) is 0 Å². The van der Waals surface area contributed by atoms with E-state index in [2.05, 4.69) is 0 Å². The fourth-order valence-corrected chi connectivity index (χ4v) is 2.84. The summed E-state index contributed by atoms with van der Waals surface area (Å²) in [6.45, 7) is 7.22. The first-order valence-corrected chi connectivity index (χ1v) is 6.29. The van der Waals surface area contributed by atoms with Crippen molar-refractivity contribution >= 4 is 0 Å². The molecule has 5 atom stereocenters. The highest BCUT2D eigenvalue weighted by atomic mass is 16.9. The molecule has 6 heteroatoms. The van der Waals surface area contributed by atoms with Crippen molar-refractivity contribution in [2.24, 2.45) is 0 Å². The molecule has 3 aliphatic rings. The Labute approximate surface area is 106 Å². The molecular formula is C12H20O6. The molecule has 3 saturated heterocycles. The molecule has 0 aromatic carbocycles. The van der Waals surface area contributed by atoms with Gasteiger partial charge in [0.25, 0.3) is 0 Å². The van der Waals surface area contributed by atoms with Gasteiger partial charge in [0.05, 0.1) is 6.61 Å². The van der Waals surface area contributed by atoms with Crippen LogP contribution in [0.25, 0.3) is 0 Å². The molecule has 0 radical (unpaired) electrons. The number of fused-ring (bicyclic) bond motifs is 3. The lowest BCUT2D eigenvalue weighted by Gasteiger charge is -2.36. The molecule has 0 amide bonds. The number of ether oxygens (including phenoxy) is 5. The fourth-order valence-electron chi connectivity index (χ4n) is 2.84. The maximum Gasteiger partial charge on any atom is 0.190 e. The predicted molar refractivity (Wildman–Crippen MR) is 59.6 cm³/mol. The van der Waals surface area contributed by atoms with Crippen molar-refractivity contribution < 1.29 is 28.8 Å². The van der Waals surface area contributed by atoms with Crippen LogP contribution in [0.15, 0.2) is 0 Å². The van der Waals surface area contributed by atoms with Gasteiger partial charge in [-0.3, -0.25) is 0 Å². The number of aliphatic hydroxyl groups is 1. The average Bonchev–Trinajstić information content (AvgIpc) is 2.71. The van der Waals surface area contributed by atoms with Crippen molar-refractivity contribution in [2.75, 3.05) is 6.61 Å². The molecule has 3 unspecified atom stereocenters. The van der Waals surface area contributed by atoms with Crippen LogP contribution < -0.4 is 0 Å². The summed E-state index contributed by atoms with van der Waals surface area (Å²) >= 11 is 0. The molecule has 1 N–H and O–H groups in total. The molecule has 0 saturated carbocycles. The molecule has 6 nitrogen and oxygen atoms in total. The van der Waals surface area contributed by atoms with E-state index in [0.717, 1.165) is 0 Å². The van der Waals surface area contributed by atoms with Crippen LogP contribution in [0, 0.1) is 0 Å². The van der Waals surface area contributed by atoms with Gasteiger partial charge in [-0.1, -0.05) is 0 Å². The van der Waals surface area contributed by atoms with Crippen LogP contribution >= 0.6 is 0 Å². The van der Waals surface area contributed by atoms with Gasteiger partial charge in [0.15, 0.2) is 17.9 Å². The fraction of sp³-hybridized carbons (Fsp3) is 1.00. The minimum absolute atomic E-state index is 0.131. The van der Waals surface area contributed by atoms with Gasteiger partial charge in [0, 0.05) is 0 Å². The molecular weight excluding hydrogens is 240 g/mol. The Morgan fingerprint density at radius 3 is 2.06 bits per heavy atom. The van der Waals surface area contributed by atoms with E-state index in [4.69, 9.17) is 23.7 Å². The maximum absolute atomic E-state index is 9.40. The third-order valence-electron chi connectivity index (χ3n) is 3.43. The van der Waals surface area contributed by atoms with Gasteiger partial charge in [-0.25, -0.2) is 0 Å². The lowest BCUT2D eigenvalue weighted by Crippen LogP contribution is -2.56. The molecule has 0 aliphatic carbocycles. The summed E-state index contributed by atoms with van der Waals surface area (Å²) < 4.78 is 28.9. The number of rotatable bonds is 1. The zero-order valence-electron chi connectivity index (χ0n) is 11.1. The van der Waals surface area contributed by atoms with E-state index in [1.54, 1.807) is 0 Å². The van der Waals surface area contributed by atoms with Gasteiger partial charge < -0.3 is 28.8 Å². The third-order valence-corrected chi connectivity index (χ3v) is 3.43. The third kappa shape index (κ3) is 1.97. The lowest BCUT2D eigenvalue weighted by atomic mass is 9.99. The second kappa shape index (κ2) is 3.88. The smallest absolute Gasteiger partial charge is 0.190 e. The Morgan fingerprint density at radius 1 is 0.833 bits per heavy atom. The summed E-state index contributed by atoms with van der Waals surface area (Å²) in [7, 11) is 0. The Hall–Kier alpha value is -0.240. The topological polar surface area (TPSA) is 66.4 Å². The number of hydrogen-bond donors (Lipinski definition) is 1. The number of aliphatic hydroxyl groups excluding tert-OH is 1. The molecule has 3 heterocycles. The van der Waals surface area contributed by atoms with E-state index in [1.165, 1.54) is 0 Å². The van der Waals surface area contributed by atoms with Gasteiger partial charge in [0.1, 0.15) is 24.4 Å². The number of hydrogen-bond acceptors (Lipinski definition) is 6. The molecule has 0 bridgehead atoms. The first-order chi connectivity index (χ1) is 8.31. The molecule has 0 aromatic rings. The lowest BCUT2D eigenvalue weighted by molar-refractivity contribution is -0.240. The summed E-state index contributed by atoms with van der Waals surface area (Å²) in [4.78, 5) is 0. The summed E-state index contributed by atoms with van der Waals surface area (Å²) in [6.07, 6.45) is -1.90. The van der Waals surface area contributed by atoms with Gasteiger partial charge in [0.2, 0.25) is 0 Å². The van der Waals surface area contributed by atoms with Gasteiger partial charge in [-0.05, 0) is 27.7 Å². The predicted octanol–water partition coefficient (Wildman–Crippen LogP) is 0.375. The van der Waals surface area contributed by atoms with Gasteiger partial charge >= 0.3 is 0 Å². The molecule has 104 valence electrons. The Balaban J connectivity index is 1.86. The highest BCUT2D eigenvalue weighted by Gasteiger charge is 2.60. The largest absolute Gasteiger partial charge is 0.394 e. The molecule has 3 rings (SSSR count). The summed E-state index contributed by atoms with van der Waals surface area (Å²) in [5, 5.41) is 9.40. The van der Waals surface area contributed by atoms with Gasteiger partial charge in [-0.2, -0.15) is 0 Å². The molecule has 18 heavy (non-hydrogen) atoms. The van der Waals surface area contributed by atoms with Crippen molar-refractivity contribution in [1.82, 2.24) is 0 Å². The van der Waals surface area contributed by atoms with Crippen LogP contribution in [0.3, 0.4) is 0 Å². The van der Waals surface area contributed by atoms with E-state index in [0.29, 0.717) is 0 Å². The highest BCUT2D eigenvalue weighted by Crippen LogP contribution is 2.43. The Morgan fingerprint density at radius 2 is 1.39 bits per heavy atom. The first kappa shape index (κ1) is 12.8. The second-order valence-corrected chi connectivity index (χ2v) is 5.89. The SMILES string of the molecule is CC1(C)OC2C3OC(C)(C)O[C@@H]3C(CO)O[C@H]2O1. The monoisotopic (exact) mass is 260 g/mol. The van der Waals surface area contributed by atoms with Crippen LogP contribution in [0.2, 0.25) is 0 Å². The normalized spacial score (nSPS) is 48.8. The minimum Gasteiger partial charge on any atom is -0.394 e. The minimum atomic E-state index is -0.708. The van der Waals surface area contributed by atoms with Crippen molar-refractivity contribution in [2.45, 2.75) is 70.0 Å². The Kier molecular flexibility index (Phi) is 2.75. The average molecular weight is 260 g/mol.